The fourth-order valence-corrected chi connectivity index (χ4v) is 12.3. The van der Waals surface area contributed by atoms with Gasteiger partial charge in [-0.05, 0) is 78.2 Å². The quantitative estimate of drug-likeness (QED) is 0.134. The van der Waals surface area contributed by atoms with Crippen molar-refractivity contribution in [2.24, 2.45) is 5.92 Å². The van der Waals surface area contributed by atoms with E-state index in [1.807, 2.05) is 77.6 Å². The minimum atomic E-state index is -2.02. The average molecular weight is 702 g/mol. The molecular weight excluding hydrogens is 655 g/mol. The van der Waals surface area contributed by atoms with Crippen LogP contribution in [0.2, 0.25) is 18.6 Å². The van der Waals surface area contributed by atoms with E-state index in [0.717, 1.165) is 47.5 Å². The molecule has 9 nitrogen and oxygen atoms in total. The van der Waals surface area contributed by atoms with Crippen LogP contribution in [-0.2, 0) is 17.7 Å². The number of nitrogens with zero attached hydrogens (tertiary/aromatic N) is 4. The maximum atomic E-state index is 13.0. The van der Waals surface area contributed by atoms with Crippen LogP contribution in [0.25, 0.3) is 16.6 Å². The number of aliphatic hydroxyl groups excluding tert-OH is 1. The number of aromatic amines is 1. The van der Waals surface area contributed by atoms with E-state index in [0.29, 0.717) is 23.4 Å². The van der Waals surface area contributed by atoms with Crippen LogP contribution in [0.4, 0.5) is 0 Å². The van der Waals surface area contributed by atoms with Crippen molar-refractivity contribution in [2.45, 2.75) is 69.5 Å². The molecule has 10 heteroatoms. The van der Waals surface area contributed by atoms with Crippen molar-refractivity contribution >= 4 is 24.2 Å². The van der Waals surface area contributed by atoms with Crippen molar-refractivity contribution in [1.82, 2.24) is 24.8 Å². The number of methoxy groups -OCH3 is 1. The Balaban J connectivity index is 1.07. The molecule has 0 radical (unpaired) electrons. The van der Waals surface area contributed by atoms with Gasteiger partial charge in [-0.1, -0.05) is 97.1 Å². The Morgan fingerprint density at radius 1 is 0.922 bits per heavy atom. The standard InChI is InChI=1S/C41H47N5O4Si/c1-28-38(23-16-29-14-17-31(18-15-29)46-41(48)34-12-8-9-13-36(34)43-46)50-39(40(28)51(3,4)33-21-19-32(49-2)20-22-33)24-25-45-26-37(42-44-45)35(27-47)30-10-6-5-7-11-30/h5-15,17-22,26,28,35,38-40,43,47H,16,23-25,27H2,1-4H3/t28-,35?,38+,39-,40+/m1/s1. The van der Waals surface area contributed by atoms with Gasteiger partial charge in [0.05, 0.1) is 62.2 Å². The zero-order valence-electron chi connectivity index (χ0n) is 29.8. The van der Waals surface area contributed by atoms with Gasteiger partial charge in [-0.2, -0.15) is 0 Å². The molecule has 2 N–H and O–H groups in total. The van der Waals surface area contributed by atoms with E-state index in [9.17, 15) is 9.90 Å². The van der Waals surface area contributed by atoms with Crippen LogP contribution in [0, 0.1) is 5.92 Å². The third-order valence-corrected chi connectivity index (χ3v) is 15.4. The van der Waals surface area contributed by atoms with E-state index in [1.54, 1.807) is 11.8 Å². The number of para-hydroxylation sites is 1. The number of H-pyrrole nitrogens is 1. The highest BCUT2D eigenvalue weighted by atomic mass is 28.3. The van der Waals surface area contributed by atoms with Gasteiger partial charge in [0.1, 0.15) is 5.75 Å². The van der Waals surface area contributed by atoms with E-state index in [2.05, 4.69) is 71.8 Å². The Morgan fingerprint density at radius 3 is 2.35 bits per heavy atom. The maximum absolute atomic E-state index is 13.0. The molecule has 6 aromatic rings. The molecular formula is C41H47N5O4Si. The molecule has 2 aromatic heterocycles. The van der Waals surface area contributed by atoms with Crippen LogP contribution in [0.5, 0.6) is 5.75 Å². The number of aliphatic hydroxyl groups is 1. The smallest absolute Gasteiger partial charge is 0.279 e. The number of aryl methyl sites for hydroxylation is 2. The first-order valence-corrected chi connectivity index (χ1v) is 21.0. The van der Waals surface area contributed by atoms with Crippen LogP contribution >= 0.6 is 0 Å². The molecule has 0 amide bonds. The van der Waals surface area contributed by atoms with Gasteiger partial charge >= 0.3 is 0 Å². The number of ether oxygens (including phenoxy) is 2. The largest absolute Gasteiger partial charge is 0.497 e. The summed E-state index contributed by atoms with van der Waals surface area (Å²) < 4.78 is 16.0. The SMILES string of the molecule is COc1ccc([Si](C)(C)[C@H]2[C@H](C)[C@H](CCc3ccc(-n4[nH]c5ccccc5c4=O)cc3)O[C@@H]2CCn2cc(C(CO)c3ccccc3)nn2)cc1. The highest BCUT2D eigenvalue weighted by Gasteiger charge is 2.50. The van der Waals surface area contributed by atoms with Gasteiger partial charge in [-0.25, -0.2) is 4.68 Å². The molecule has 1 saturated heterocycles. The molecule has 1 unspecified atom stereocenters. The van der Waals surface area contributed by atoms with E-state index in [1.165, 1.54) is 10.8 Å². The minimum Gasteiger partial charge on any atom is -0.497 e. The van der Waals surface area contributed by atoms with Gasteiger partial charge in [0.15, 0.2) is 0 Å². The number of aromatic nitrogens is 5. The number of rotatable bonds is 13. The minimum absolute atomic E-state index is 0.0262. The molecule has 0 aliphatic carbocycles. The monoisotopic (exact) mass is 701 g/mol. The normalized spacial score (nSPS) is 19.8. The van der Waals surface area contributed by atoms with Crippen molar-refractivity contribution in [2.75, 3.05) is 13.7 Å². The first-order valence-electron chi connectivity index (χ1n) is 17.9. The van der Waals surface area contributed by atoms with E-state index < -0.39 is 8.07 Å². The Labute approximate surface area is 299 Å². The van der Waals surface area contributed by atoms with Crippen molar-refractivity contribution in [3.8, 4) is 11.4 Å². The third kappa shape index (κ3) is 7.08. The van der Waals surface area contributed by atoms with Gasteiger partial charge in [-0.15, -0.1) is 5.10 Å². The molecule has 0 bridgehead atoms. The summed E-state index contributed by atoms with van der Waals surface area (Å²) in [6, 6.07) is 34.5. The predicted octanol–water partition coefficient (Wildman–Crippen LogP) is 6.46. The second-order valence-electron chi connectivity index (χ2n) is 14.4. The number of hydrogen-bond acceptors (Lipinski definition) is 6. The van der Waals surface area contributed by atoms with Crippen molar-refractivity contribution in [1.29, 1.82) is 0 Å². The summed E-state index contributed by atoms with van der Waals surface area (Å²) in [6.45, 7) is 7.97. The third-order valence-electron chi connectivity index (χ3n) is 11.0. The van der Waals surface area contributed by atoms with Gasteiger partial charge in [-0.3, -0.25) is 14.6 Å². The zero-order valence-corrected chi connectivity index (χ0v) is 30.8. The van der Waals surface area contributed by atoms with Gasteiger partial charge in [0.2, 0.25) is 0 Å². The summed E-state index contributed by atoms with van der Waals surface area (Å²) >= 11 is 0. The first kappa shape index (κ1) is 34.7. The van der Waals surface area contributed by atoms with Crippen molar-refractivity contribution in [3.05, 3.63) is 136 Å². The molecule has 1 aliphatic rings. The number of benzene rings is 4. The first-order chi connectivity index (χ1) is 24.8. The molecule has 0 saturated carbocycles. The van der Waals surface area contributed by atoms with Gasteiger partial charge in [0, 0.05) is 12.7 Å². The van der Waals surface area contributed by atoms with Gasteiger partial charge < -0.3 is 14.6 Å². The van der Waals surface area contributed by atoms with Crippen LogP contribution in [-0.4, -0.2) is 63.9 Å². The Kier molecular flexibility index (Phi) is 10.1. The lowest BCUT2D eigenvalue weighted by atomic mass is 9.95. The van der Waals surface area contributed by atoms with Gasteiger partial charge in [0.25, 0.3) is 5.56 Å². The molecule has 51 heavy (non-hydrogen) atoms. The predicted molar refractivity (Wildman–Crippen MR) is 204 cm³/mol. The lowest BCUT2D eigenvalue weighted by Crippen LogP contribution is -2.50. The summed E-state index contributed by atoms with van der Waals surface area (Å²) in [4.78, 5) is 13.0. The van der Waals surface area contributed by atoms with Crippen LogP contribution in [0.1, 0.15) is 42.5 Å². The highest BCUT2D eigenvalue weighted by Crippen LogP contribution is 2.46. The second-order valence-corrected chi connectivity index (χ2v) is 19.1. The second kappa shape index (κ2) is 14.8. The average Bonchev–Trinajstić information content (AvgIpc) is 3.86. The maximum Gasteiger partial charge on any atom is 0.279 e. The van der Waals surface area contributed by atoms with Crippen LogP contribution in [0.3, 0.4) is 0 Å². The molecule has 1 aliphatic heterocycles. The highest BCUT2D eigenvalue weighted by molar-refractivity contribution is 6.91. The Hall–Kier alpha value is -4.77. The van der Waals surface area contributed by atoms with Crippen molar-refractivity contribution < 1.29 is 14.6 Å². The number of hydrogen-bond donors (Lipinski definition) is 2. The fraction of sp³-hybridized carbons (Fsp3) is 0.341. The number of fused-ring (bicyclic) bond motifs is 1. The lowest BCUT2D eigenvalue weighted by Gasteiger charge is -2.36. The number of nitrogens with one attached hydrogen (secondary N) is 1. The molecule has 3 heterocycles. The fourth-order valence-electron chi connectivity index (χ4n) is 8.17. The summed E-state index contributed by atoms with van der Waals surface area (Å²) in [5, 5.41) is 24.4. The summed E-state index contributed by atoms with van der Waals surface area (Å²) in [6.07, 6.45) is 4.78. The summed E-state index contributed by atoms with van der Waals surface area (Å²) in [5.41, 5.74) is 5.02. The van der Waals surface area contributed by atoms with Crippen LogP contribution < -0.4 is 15.5 Å². The molecule has 5 atom stereocenters. The van der Waals surface area contributed by atoms with Crippen molar-refractivity contribution in [3.63, 3.8) is 0 Å². The van der Waals surface area contributed by atoms with E-state index >= 15 is 0 Å². The topological polar surface area (TPSA) is 107 Å². The molecule has 1 fully saturated rings. The van der Waals surface area contributed by atoms with Crippen LogP contribution in [0.15, 0.2) is 114 Å². The van der Waals surface area contributed by atoms with E-state index in [-0.39, 0.29) is 30.3 Å². The molecule has 7 rings (SSSR count). The Bertz CT molecular complexity index is 2110. The summed E-state index contributed by atoms with van der Waals surface area (Å²) in [5.74, 6) is 1.03. The molecule has 0 spiro atoms. The zero-order chi connectivity index (χ0) is 35.5. The molecule has 4 aromatic carbocycles. The Morgan fingerprint density at radius 2 is 1.65 bits per heavy atom. The lowest BCUT2D eigenvalue weighted by molar-refractivity contribution is 0.0250. The summed E-state index contributed by atoms with van der Waals surface area (Å²) in [7, 11) is -0.311. The van der Waals surface area contributed by atoms with E-state index in [4.69, 9.17) is 9.47 Å². The molecule has 264 valence electrons.